The fourth-order valence-electron chi connectivity index (χ4n) is 1.38. The van der Waals surface area contributed by atoms with Crippen molar-refractivity contribution >= 4 is 15.8 Å². The Bertz CT molecular complexity index is 553. The van der Waals surface area contributed by atoms with Gasteiger partial charge in [-0.3, -0.25) is 0 Å². The highest BCUT2D eigenvalue weighted by Gasteiger charge is 2.39. The first-order valence-electron chi connectivity index (χ1n) is 5.35. The average Bonchev–Trinajstić information content (AvgIpc) is 2.74. The number of aliphatic carboxylic acids is 1. The molecule has 2 atom stereocenters. The van der Waals surface area contributed by atoms with Gasteiger partial charge in [0.1, 0.15) is 5.25 Å². The average molecular weight is 276 g/mol. The minimum absolute atomic E-state index is 0.0317. The van der Waals surface area contributed by atoms with E-state index >= 15 is 0 Å². The Kier molecular flexibility index (Phi) is 3.75. The van der Waals surface area contributed by atoms with Gasteiger partial charge in [-0.15, -0.1) is 5.10 Å². The van der Waals surface area contributed by atoms with Crippen LogP contribution < -0.4 is 0 Å². The number of rotatable bonds is 5. The molecular formula is C9H16N4O4S. The summed E-state index contributed by atoms with van der Waals surface area (Å²) in [5, 5.41) is 18.9. The number of aromatic nitrogens is 4. The Morgan fingerprint density at radius 3 is 2.50 bits per heavy atom. The number of carboxylic acids is 1. The molecular weight excluding hydrogens is 260 g/mol. The SMILES string of the molecule is CCC(C)(C(=O)O)n1nnnc1C(C)S(C)(=O)=O. The van der Waals surface area contributed by atoms with Crippen LogP contribution in [0.25, 0.3) is 0 Å². The van der Waals surface area contributed by atoms with Crippen molar-refractivity contribution in [2.24, 2.45) is 0 Å². The Labute approximate surface area is 105 Å². The summed E-state index contributed by atoms with van der Waals surface area (Å²) >= 11 is 0. The largest absolute Gasteiger partial charge is 0.479 e. The highest BCUT2D eigenvalue weighted by molar-refractivity contribution is 7.90. The van der Waals surface area contributed by atoms with Crippen molar-refractivity contribution < 1.29 is 18.3 Å². The Morgan fingerprint density at radius 2 is 2.11 bits per heavy atom. The molecule has 0 aliphatic rings. The molecule has 9 heteroatoms. The maximum absolute atomic E-state index is 11.5. The van der Waals surface area contributed by atoms with E-state index in [0.717, 1.165) is 10.9 Å². The van der Waals surface area contributed by atoms with Crippen molar-refractivity contribution in [1.29, 1.82) is 0 Å². The van der Waals surface area contributed by atoms with E-state index in [1.807, 2.05) is 0 Å². The lowest BCUT2D eigenvalue weighted by molar-refractivity contribution is -0.147. The summed E-state index contributed by atoms with van der Waals surface area (Å²) in [4.78, 5) is 11.3. The molecule has 0 saturated carbocycles. The first-order valence-corrected chi connectivity index (χ1v) is 7.31. The molecule has 1 aromatic rings. The molecule has 2 unspecified atom stereocenters. The first kappa shape index (κ1) is 14.6. The van der Waals surface area contributed by atoms with E-state index in [1.165, 1.54) is 13.8 Å². The molecule has 0 aliphatic heterocycles. The number of hydrogen-bond acceptors (Lipinski definition) is 6. The van der Waals surface area contributed by atoms with E-state index in [9.17, 15) is 18.3 Å². The third-order valence-electron chi connectivity index (χ3n) is 3.12. The summed E-state index contributed by atoms with van der Waals surface area (Å²) in [6, 6.07) is 0. The molecule has 0 amide bonds. The van der Waals surface area contributed by atoms with Crippen LogP contribution >= 0.6 is 0 Å². The number of hydrogen-bond donors (Lipinski definition) is 1. The van der Waals surface area contributed by atoms with Crippen molar-refractivity contribution in [2.75, 3.05) is 6.26 Å². The summed E-state index contributed by atoms with van der Waals surface area (Å²) in [5.74, 6) is -1.08. The van der Waals surface area contributed by atoms with E-state index in [2.05, 4.69) is 15.5 Å². The van der Waals surface area contributed by atoms with Crippen LogP contribution in [0.4, 0.5) is 0 Å². The zero-order chi connectivity index (χ0) is 14.1. The monoisotopic (exact) mass is 276 g/mol. The zero-order valence-corrected chi connectivity index (χ0v) is 11.5. The smallest absolute Gasteiger partial charge is 0.331 e. The number of tetrazole rings is 1. The van der Waals surface area contributed by atoms with Gasteiger partial charge in [-0.1, -0.05) is 6.92 Å². The second-order valence-electron chi connectivity index (χ2n) is 4.35. The minimum Gasteiger partial charge on any atom is -0.479 e. The molecule has 1 aromatic heterocycles. The molecule has 0 saturated heterocycles. The van der Waals surface area contributed by atoms with Crippen molar-refractivity contribution in [3.63, 3.8) is 0 Å². The molecule has 102 valence electrons. The molecule has 1 rings (SSSR count). The zero-order valence-electron chi connectivity index (χ0n) is 10.7. The molecule has 1 N–H and O–H groups in total. The number of carboxylic acid groups (broad SMARTS) is 1. The standard InChI is InChI=1S/C9H16N4O4S/c1-5-9(3,8(14)15)13-7(10-11-12-13)6(2)18(4,16)17/h6H,5H2,1-4H3,(H,14,15). The van der Waals surface area contributed by atoms with Crippen molar-refractivity contribution in [3.8, 4) is 0 Å². The van der Waals surface area contributed by atoms with Gasteiger partial charge in [0.25, 0.3) is 0 Å². The second-order valence-corrected chi connectivity index (χ2v) is 6.72. The summed E-state index contributed by atoms with van der Waals surface area (Å²) in [5.41, 5.74) is -1.36. The van der Waals surface area contributed by atoms with E-state index in [4.69, 9.17) is 0 Å². The van der Waals surface area contributed by atoms with E-state index in [0.29, 0.717) is 0 Å². The van der Waals surface area contributed by atoms with Gasteiger partial charge in [0.2, 0.25) is 0 Å². The van der Waals surface area contributed by atoms with Crippen LogP contribution in [0.15, 0.2) is 0 Å². The van der Waals surface area contributed by atoms with Gasteiger partial charge in [0.15, 0.2) is 21.2 Å². The van der Waals surface area contributed by atoms with E-state index in [1.54, 1.807) is 6.92 Å². The van der Waals surface area contributed by atoms with Crippen LogP contribution in [-0.4, -0.2) is 46.0 Å². The predicted octanol–water partition coefficient (Wildman–Crippen LogP) is -0.0115. The van der Waals surface area contributed by atoms with Gasteiger partial charge in [0.05, 0.1) is 0 Å². The van der Waals surface area contributed by atoms with Gasteiger partial charge >= 0.3 is 5.97 Å². The quantitative estimate of drug-likeness (QED) is 0.804. The normalized spacial score (nSPS) is 17.1. The highest BCUT2D eigenvalue weighted by Crippen LogP contribution is 2.26. The number of carbonyl (C=O) groups is 1. The maximum atomic E-state index is 11.5. The molecule has 1 heterocycles. The van der Waals surface area contributed by atoms with Crippen molar-refractivity contribution in [1.82, 2.24) is 20.2 Å². The predicted molar refractivity (Wildman–Crippen MR) is 62.7 cm³/mol. The summed E-state index contributed by atoms with van der Waals surface area (Å²) in [7, 11) is -3.40. The number of sulfone groups is 1. The van der Waals surface area contributed by atoms with E-state index < -0.39 is 26.6 Å². The minimum atomic E-state index is -3.40. The molecule has 0 aromatic carbocycles. The van der Waals surface area contributed by atoms with Gasteiger partial charge < -0.3 is 5.11 Å². The van der Waals surface area contributed by atoms with Gasteiger partial charge in [0, 0.05) is 6.26 Å². The molecule has 8 nitrogen and oxygen atoms in total. The molecule has 0 radical (unpaired) electrons. The topological polar surface area (TPSA) is 115 Å². The Morgan fingerprint density at radius 1 is 1.56 bits per heavy atom. The molecule has 0 spiro atoms. The van der Waals surface area contributed by atoms with Crippen molar-refractivity contribution in [2.45, 2.75) is 38.0 Å². The first-order chi connectivity index (χ1) is 8.14. The lowest BCUT2D eigenvalue weighted by Crippen LogP contribution is -2.41. The third-order valence-corrected chi connectivity index (χ3v) is 4.61. The Balaban J connectivity index is 3.38. The third kappa shape index (κ3) is 2.35. The summed E-state index contributed by atoms with van der Waals surface area (Å²) in [6.07, 6.45) is 1.29. The lowest BCUT2D eigenvalue weighted by atomic mass is 9.99. The van der Waals surface area contributed by atoms with Crippen LogP contribution in [0.2, 0.25) is 0 Å². The maximum Gasteiger partial charge on any atom is 0.331 e. The van der Waals surface area contributed by atoms with Gasteiger partial charge in [-0.05, 0) is 30.7 Å². The van der Waals surface area contributed by atoms with Crippen molar-refractivity contribution in [3.05, 3.63) is 5.82 Å². The Hall–Kier alpha value is -1.51. The summed E-state index contributed by atoms with van der Waals surface area (Å²) in [6.45, 7) is 4.55. The van der Waals surface area contributed by atoms with Crippen LogP contribution in [-0.2, 0) is 20.2 Å². The van der Waals surface area contributed by atoms with Gasteiger partial charge in [-0.2, -0.15) is 0 Å². The van der Waals surface area contributed by atoms with Gasteiger partial charge in [-0.25, -0.2) is 17.9 Å². The highest BCUT2D eigenvalue weighted by atomic mass is 32.2. The lowest BCUT2D eigenvalue weighted by Gasteiger charge is -2.25. The number of nitrogens with zero attached hydrogens (tertiary/aromatic N) is 4. The van der Waals surface area contributed by atoms with E-state index in [-0.39, 0.29) is 12.2 Å². The fraction of sp³-hybridized carbons (Fsp3) is 0.778. The molecule has 0 aliphatic carbocycles. The van der Waals surface area contributed by atoms with Crippen LogP contribution in [0.1, 0.15) is 38.3 Å². The van der Waals surface area contributed by atoms with Crippen LogP contribution in [0.5, 0.6) is 0 Å². The van der Waals surface area contributed by atoms with Crippen LogP contribution in [0.3, 0.4) is 0 Å². The van der Waals surface area contributed by atoms with Crippen LogP contribution in [0, 0.1) is 0 Å². The fourth-order valence-corrected chi connectivity index (χ4v) is 1.91. The second kappa shape index (κ2) is 4.63. The molecule has 18 heavy (non-hydrogen) atoms. The molecule has 0 fully saturated rings. The summed E-state index contributed by atoms with van der Waals surface area (Å²) < 4.78 is 24.1. The molecule has 0 bridgehead atoms.